The van der Waals surface area contributed by atoms with Gasteiger partial charge in [0.25, 0.3) is 0 Å². The molecule has 0 aliphatic rings. The van der Waals surface area contributed by atoms with Crippen LogP contribution in [0, 0.1) is 0 Å². The summed E-state index contributed by atoms with van der Waals surface area (Å²) in [5, 5.41) is 0. The van der Waals surface area contributed by atoms with Gasteiger partial charge >= 0.3 is 17.9 Å². The van der Waals surface area contributed by atoms with E-state index in [1.165, 1.54) is 32.1 Å². The number of carbonyl (C=O) groups excluding carboxylic acids is 3. The Labute approximate surface area is 387 Å². The molecule has 0 bridgehead atoms. The molecule has 0 aromatic carbocycles. The van der Waals surface area contributed by atoms with E-state index in [1.807, 2.05) is 0 Å². The van der Waals surface area contributed by atoms with E-state index >= 15 is 0 Å². The predicted octanol–water partition coefficient (Wildman–Crippen LogP) is 17.0. The Morgan fingerprint density at radius 1 is 0.333 bits per heavy atom. The summed E-state index contributed by atoms with van der Waals surface area (Å²) in [6.07, 6.45) is 66.7. The van der Waals surface area contributed by atoms with Gasteiger partial charge < -0.3 is 14.2 Å². The summed E-state index contributed by atoms with van der Waals surface area (Å²) in [4.78, 5) is 38.0. The molecule has 0 N–H and O–H groups in total. The van der Waals surface area contributed by atoms with Crippen LogP contribution < -0.4 is 0 Å². The van der Waals surface area contributed by atoms with Crippen molar-refractivity contribution < 1.29 is 28.6 Å². The number of rotatable bonds is 45. The quantitative estimate of drug-likeness (QED) is 0.0262. The zero-order valence-corrected chi connectivity index (χ0v) is 40.8. The van der Waals surface area contributed by atoms with E-state index in [0.717, 1.165) is 154 Å². The van der Waals surface area contributed by atoms with Crippen molar-refractivity contribution >= 4 is 17.9 Å². The van der Waals surface area contributed by atoms with Gasteiger partial charge in [0.1, 0.15) is 13.2 Å². The maximum atomic E-state index is 12.8. The number of unbranched alkanes of at least 4 members (excludes halogenated alkanes) is 18. The molecular formula is C57H94O6. The Hall–Kier alpha value is -3.67. The molecule has 0 radical (unpaired) electrons. The molecule has 0 fully saturated rings. The first kappa shape index (κ1) is 59.3. The van der Waals surface area contributed by atoms with E-state index in [-0.39, 0.29) is 31.1 Å². The third-order valence-electron chi connectivity index (χ3n) is 10.5. The molecule has 0 amide bonds. The Balaban J connectivity index is 4.48. The van der Waals surface area contributed by atoms with Gasteiger partial charge in [-0.1, -0.05) is 189 Å². The Kier molecular flexibility index (Phi) is 48.0. The van der Waals surface area contributed by atoms with E-state index in [9.17, 15) is 14.4 Å². The molecule has 0 heterocycles. The minimum absolute atomic E-state index is 0.0999. The van der Waals surface area contributed by atoms with Crippen molar-refractivity contribution in [3.8, 4) is 0 Å². The van der Waals surface area contributed by atoms with Gasteiger partial charge in [-0.2, -0.15) is 0 Å². The van der Waals surface area contributed by atoms with E-state index in [1.54, 1.807) is 0 Å². The molecule has 358 valence electrons. The number of hydrogen-bond acceptors (Lipinski definition) is 6. The third kappa shape index (κ3) is 49.2. The van der Waals surface area contributed by atoms with Gasteiger partial charge in [0.05, 0.1) is 0 Å². The van der Waals surface area contributed by atoms with Gasteiger partial charge in [0.15, 0.2) is 6.10 Å². The fourth-order valence-corrected chi connectivity index (χ4v) is 6.68. The summed E-state index contributed by atoms with van der Waals surface area (Å²) in [6.45, 7) is 6.38. The summed E-state index contributed by atoms with van der Waals surface area (Å²) in [5.41, 5.74) is 0. The molecule has 6 nitrogen and oxygen atoms in total. The lowest BCUT2D eigenvalue weighted by Crippen LogP contribution is -2.30. The largest absolute Gasteiger partial charge is 0.462 e. The van der Waals surface area contributed by atoms with Gasteiger partial charge in [0.2, 0.25) is 0 Å². The minimum Gasteiger partial charge on any atom is -0.462 e. The summed E-state index contributed by atoms with van der Waals surface area (Å²) in [6, 6.07) is 0. The fraction of sp³-hybridized carbons (Fsp3) is 0.667. The van der Waals surface area contributed by atoms with Crippen LogP contribution >= 0.6 is 0 Å². The molecule has 0 rings (SSSR count). The number of hydrogen-bond donors (Lipinski definition) is 0. The topological polar surface area (TPSA) is 78.9 Å². The fourth-order valence-electron chi connectivity index (χ4n) is 6.68. The molecule has 1 unspecified atom stereocenters. The zero-order chi connectivity index (χ0) is 45.8. The van der Waals surface area contributed by atoms with E-state index in [2.05, 4.69) is 118 Å². The van der Waals surface area contributed by atoms with Crippen LogP contribution in [0.4, 0.5) is 0 Å². The van der Waals surface area contributed by atoms with Gasteiger partial charge in [-0.25, -0.2) is 0 Å². The molecular weight excluding hydrogens is 781 g/mol. The normalized spacial score (nSPS) is 12.9. The second-order valence-corrected chi connectivity index (χ2v) is 16.7. The van der Waals surface area contributed by atoms with Gasteiger partial charge in [-0.15, -0.1) is 0 Å². The van der Waals surface area contributed by atoms with Crippen LogP contribution in [-0.2, 0) is 28.6 Å². The molecule has 0 aromatic rings. The van der Waals surface area contributed by atoms with Crippen molar-refractivity contribution in [1.82, 2.24) is 0 Å². The van der Waals surface area contributed by atoms with Crippen LogP contribution in [0.15, 0.2) is 97.2 Å². The van der Waals surface area contributed by atoms with Crippen LogP contribution in [0.2, 0.25) is 0 Å². The maximum Gasteiger partial charge on any atom is 0.306 e. The first-order valence-corrected chi connectivity index (χ1v) is 25.7. The highest BCUT2D eigenvalue weighted by Gasteiger charge is 2.19. The first-order valence-electron chi connectivity index (χ1n) is 25.7. The van der Waals surface area contributed by atoms with Crippen LogP contribution in [0.25, 0.3) is 0 Å². The smallest absolute Gasteiger partial charge is 0.306 e. The maximum absolute atomic E-state index is 12.8. The summed E-state index contributed by atoms with van der Waals surface area (Å²) < 4.78 is 16.8. The number of carbonyl (C=O) groups is 3. The molecule has 6 heteroatoms. The Bertz CT molecular complexity index is 1280. The highest BCUT2D eigenvalue weighted by molar-refractivity contribution is 5.71. The summed E-state index contributed by atoms with van der Waals surface area (Å²) in [7, 11) is 0. The number of allylic oxidation sites excluding steroid dienone is 16. The average molecular weight is 875 g/mol. The lowest BCUT2D eigenvalue weighted by molar-refractivity contribution is -0.167. The van der Waals surface area contributed by atoms with Crippen molar-refractivity contribution in [3.05, 3.63) is 97.2 Å². The van der Waals surface area contributed by atoms with Crippen LogP contribution in [0.3, 0.4) is 0 Å². The Morgan fingerprint density at radius 2 is 0.651 bits per heavy atom. The monoisotopic (exact) mass is 875 g/mol. The van der Waals surface area contributed by atoms with Crippen LogP contribution in [0.5, 0.6) is 0 Å². The number of esters is 3. The molecule has 0 aliphatic carbocycles. The number of ether oxygens (including phenoxy) is 3. The average Bonchev–Trinajstić information content (AvgIpc) is 3.28. The van der Waals surface area contributed by atoms with E-state index < -0.39 is 6.10 Å². The molecule has 63 heavy (non-hydrogen) atoms. The van der Waals surface area contributed by atoms with Gasteiger partial charge in [-0.3, -0.25) is 14.4 Å². The van der Waals surface area contributed by atoms with E-state index in [0.29, 0.717) is 19.3 Å². The molecule has 0 saturated carbocycles. The predicted molar refractivity (Wildman–Crippen MR) is 270 cm³/mol. The van der Waals surface area contributed by atoms with Gasteiger partial charge in [-0.05, 0) is 116 Å². The summed E-state index contributed by atoms with van der Waals surface area (Å²) in [5.74, 6) is -0.955. The lowest BCUT2D eigenvalue weighted by Gasteiger charge is -2.18. The highest BCUT2D eigenvalue weighted by atomic mass is 16.6. The van der Waals surface area contributed by atoms with Crippen molar-refractivity contribution in [2.24, 2.45) is 0 Å². The third-order valence-corrected chi connectivity index (χ3v) is 10.5. The second kappa shape index (κ2) is 51.0. The molecule has 0 aromatic heterocycles. The van der Waals surface area contributed by atoms with Crippen molar-refractivity contribution in [1.29, 1.82) is 0 Å². The van der Waals surface area contributed by atoms with Crippen molar-refractivity contribution in [2.45, 2.75) is 232 Å². The van der Waals surface area contributed by atoms with Crippen molar-refractivity contribution in [3.63, 3.8) is 0 Å². The standard InChI is InChI=1S/C57H94O6/c1-4-7-10-13-16-19-22-25-27-28-30-32-35-38-41-44-47-50-56(59)62-53-54(52-61-55(58)49-46-43-40-37-34-31-24-21-18-15-12-9-6-3)63-57(60)51-48-45-42-39-36-33-29-26-23-20-17-14-11-8-5-2/h7,10,12,15-17,19-21,24-27,29-30,32,54H,4-6,8-9,11,13-14,18,22-23,28,31,33-53H2,1-3H3/b10-7-,15-12-,19-16-,20-17-,24-21-,27-25-,29-26-,32-30-. The zero-order valence-electron chi connectivity index (χ0n) is 40.8. The molecule has 1 atom stereocenters. The summed E-state index contributed by atoms with van der Waals surface area (Å²) >= 11 is 0. The molecule has 0 aliphatic heterocycles. The first-order chi connectivity index (χ1) is 31.0. The van der Waals surface area contributed by atoms with Crippen molar-refractivity contribution in [2.75, 3.05) is 13.2 Å². The Morgan fingerprint density at radius 3 is 1.03 bits per heavy atom. The minimum atomic E-state index is -0.801. The van der Waals surface area contributed by atoms with Gasteiger partial charge in [0, 0.05) is 19.3 Å². The SMILES string of the molecule is CC/C=C\C/C=C\C/C=C\C/C=C\CCCCCCC(=O)OCC(COC(=O)CCCCCCC/C=C\C/C=C\CCC)OC(=O)CCCCCCC/C=C\C/C=C\CCCCC. The van der Waals surface area contributed by atoms with E-state index in [4.69, 9.17) is 14.2 Å². The van der Waals surface area contributed by atoms with Crippen LogP contribution in [0.1, 0.15) is 226 Å². The lowest BCUT2D eigenvalue weighted by atomic mass is 10.1. The molecule has 0 saturated heterocycles. The second-order valence-electron chi connectivity index (χ2n) is 16.7. The molecule has 0 spiro atoms. The van der Waals surface area contributed by atoms with Crippen LogP contribution in [-0.4, -0.2) is 37.2 Å². The highest BCUT2D eigenvalue weighted by Crippen LogP contribution is 2.13.